The number of rotatable bonds is 15. The summed E-state index contributed by atoms with van der Waals surface area (Å²) in [4.78, 5) is 27.2. The predicted octanol–water partition coefficient (Wildman–Crippen LogP) is 6.33. The van der Waals surface area contributed by atoms with Crippen molar-refractivity contribution in [1.82, 2.24) is 4.98 Å². The smallest absolute Gasteiger partial charge is 0.306 e. The van der Waals surface area contributed by atoms with Crippen molar-refractivity contribution >= 4 is 11.8 Å². The lowest BCUT2D eigenvalue weighted by molar-refractivity contribution is -0.150. The number of unbranched alkanes of at least 4 members (excludes halogenated alkanes) is 5. The van der Waals surface area contributed by atoms with Crippen molar-refractivity contribution in [3.8, 4) is 17.0 Å². The van der Waals surface area contributed by atoms with Gasteiger partial charge in [0, 0.05) is 18.2 Å². The van der Waals surface area contributed by atoms with Crippen LogP contribution in [0.5, 0.6) is 5.75 Å². The molecule has 0 aliphatic carbocycles. The number of benzene rings is 1. The number of carbonyl (C=O) groups excluding carboxylic acids is 2. The van der Waals surface area contributed by atoms with E-state index in [0.717, 1.165) is 17.7 Å². The number of esters is 1. The zero-order valence-corrected chi connectivity index (χ0v) is 19.8. The molecule has 0 saturated heterocycles. The quantitative estimate of drug-likeness (QED) is 0.240. The van der Waals surface area contributed by atoms with Gasteiger partial charge in [-0.3, -0.25) is 9.78 Å². The number of carbonyl (C=O) groups is 2. The highest BCUT2D eigenvalue weighted by Gasteiger charge is 2.11. The normalized spacial score (nSPS) is 11.7. The average molecular weight is 440 g/mol. The molecule has 1 atom stereocenters. The van der Waals surface area contributed by atoms with E-state index in [4.69, 9.17) is 9.47 Å². The first-order valence-corrected chi connectivity index (χ1v) is 11.8. The molecular weight excluding hydrogens is 402 g/mol. The number of pyridine rings is 1. The van der Waals surface area contributed by atoms with Crippen LogP contribution in [0.25, 0.3) is 11.3 Å². The van der Waals surface area contributed by atoms with Crippen molar-refractivity contribution in [2.24, 2.45) is 0 Å². The summed E-state index contributed by atoms with van der Waals surface area (Å²) in [5.41, 5.74) is 3.26. The maximum Gasteiger partial charge on any atom is 0.306 e. The maximum atomic E-state index is 11.7. The van der Waals surface area contributed by atoms with E-state index in [1.165, 1.54) is 51.0 Å². The van der Waals surface area contributed by atoms with E-state index in [9.17, 15) is 9.59 Å². The van der Waals surface area contributed by atoms with E-state index in [1.54, 1.807) is 6.92 Å². The fraction of sp³-hybridized carbons (Fsp3) is 0.519. The molecule has 0 aliphatic rings. The largest absolute Gasteiger partial charge is 0.490 e. The molecule has 0 bridgehead atoms. The number of ketones is 1. The molecule has 0 saturated carbocycles. The number of ether oxygens (including phenoxy) is 2. The van der Waals surface area contributed by atoms with Crippen molar-refractivity contribution in [3.05, 3.63) is 48.2 Å². The van der Waals surface area contributed by atoms with Crippen LogP contribution in [0.3, 0.4) is 0 Å². The Hall–Kier alpha value is -2.69. The second kappa shape index (κ2) is 14.4. The minimum Gasteiger partial charge on any atom is -0.490 e. The van der Waals surface area contributed by atoms with E-state index in [0.29, 0.717) is 5.75 Å². The third-order valence-electron chi connectivity index (χ3n) is 5.29. The third-order valence-corrected chi connectivity index (χ3v) is 5.29. The Morgan fingerprint density at radius 2 is 1.66 bits per heavy atom. The molecule has 0 N–H and O–H groups in total. The van der Waals surface area contributed by atoms with Crippen LogP contribution in [0, 0.1) is 0 Å². The molecule has 0 radical (unpaired) electrons. The summed E-state index contributed by atoms with van der Waals surface area (Å²) in [6.45, 7) is 5.74. The summed E-state index contributed by atoms with van der Waals surface area (Å²) in [6.07, 6.45) is 10.8. The van der Waals surface area contributed by atoms with Crippen molar-refractivity contribution in [2.45, 2.75) is 84.7 Å². The Morgan fingerprint density at radius 3 is 2.31 bits per heavy atom. The summed E-state index contributed by atoms with van der Waals surface area (Å²) < 4.78 is 11.0. The number of aryl methyl sites for hydroxylation is 1. The molecular formula is C27H37NO4. The Morgan fingerprint density at radius 1 is 0.938 bits per heavy atom. The average Bonchev–Trinajstić information content (AvgIpc) is 2.79. The highest BCUT2D eigenvalue weighted by atomic mass is 16.6. The molecule has 0 spiro atoms. The molecule has 1 unspecified atom stereocenters. The maximum absolute atomic E-state index is 11.7. The highest BCUT2D eigenvalue weighted by Crippen LogP contribution is 2.21. The molecule has 5 heteroatoms. The molecule has 0 fully saturated rings. The molecule has 1 aromatic carbocycles. The van der Waals surface area contributed by atoms with Crippen LogP contribution >= 0.6 is 0 Å². The number of hydrogen-bond donors (Lipinski definition) is 0. The van der Waals surface area contributed by atoms with E-state index in [1.807, 2.05) is 30.5 Å². The van der Waals surface area contributed by atoms with Gasteiger partial charge in [-0.1, -0.05) is 45.1 Å². The van der Waals surface area contributed by atoms with Gasteiger partial charge in [-0.25, -0.2) is 0 Å². The highest BCUT2D eigenvalue weighted by molar-refractivity contribution is 5.81. The lowest BCUT2D eigenvalue weighted by atomic mass is 10.1. The Labute approximate surface area is 192 Å². The van der Waals surface area contributed by atoms with Gasteiger partial charge < -0.3 is 14.3 Å². The first kappa shape index (κ1) is 25.6. The van der Waals surface area contributed by atoms with Gasteiger partial charge >= 0.3 is 5.97 Å². The Kier molecular flexibility index (Phi) is 11.5. The van der Waals surface area contributed by atoms with Crippen molar-refractivity contribution < 1.29 is 19.1 Å². The van der Waals surface area contributed by atoms with Gasteiger partial charge in [-0.05, 0) is 62.6 Å². The van der Waals surface area contributed by atoms with Crippen LogP contribution in [-0.4, -0.2) is 29.4 Å². The van der Waals surface area contributed by atoms with Crippen molar-refractivity contribution in [2.75, 3.05) is 6.61 Å². The number of aromatic nitrogens is 1. The summed E-state index contributed by atoms with van der Waals surface area (Å²) in [6, 6.07) is 12.0. The van der Waals surface area contributed by atoms with Crippen LogP contribution in [0.15, 0.2) is 42.6 Å². The molecule has 5 nitrogen and oxygen atoms in total. The Balaban J connectivity index is 1.74. The molecule has 1 aromatic heterocycles. The molecule has 0 amide bonds. The lowest BCUT2D eigenvalue weighted by Gasteiger charge is -2.14. The van der Waals surface area contributed by atoms with Gasteiger partial charge in [0.2, 0.25) is 0 Å². The topological polar surface area (TPSA) is 65.5 Å². The first-order valence-electron chi connectivity index (χ1n) is 11.8. The van der Waals surface area contributed by atoms with Crippen molar-refractivity contribution in [1.29, 1.82) is 0 Å². The van der Waals surface area contributed by atoms with Gasteiger partial charge in [0.1, 0.15) is 24.2 Å². The second-order valence-electron chi connectivity index (χ2n) is 8.41. The second-order valence-corrected chi connectivity index (χ2v) is 8.41. The standard InChI is InChI=1S/C27H37NO4/c1-4-5-6-7-8-9-10-23-12-17-26(28-19-23)24-13-15-25(16-14-24)31-20-22(3)32-27(30)18-11-21(2)29/h12-17,19,22H,4-11,18,20H2,1-3H3. The molecule has 2 rings (SSSR count). The van der Waals surface area contributed by atoms with Gasteiger partial charge in [-0.15, -0.1) is 0 Å². The summed E-state index contributed by atoms with van der Waals surface area (Å²) >= 11 is 0. The molecule has 32 heavy (non-hydrogen) atoms. The van der Waals surface area contributed by atoms with Gasteiger partial charge in [0.25, 0.3) is 0 Å². The lowest BCUT2D eigenvalue weighted by Crippen LogP contribution is -2.22. The minimum absolute atomic E-state index is 0.0205. The van der Waals surface area contributed by atoms with Gasteiger partial charge in [-0.2, -0.15) is 0 Å². The van der Waals surface area contributed by atoms with Crippen LogP contribution in [0.2, 0.25) is 0 Å². The number of Topliss-reactive ketones (excluding diaryl/α,β-unsaturated/α-hetero) is 1. The zero-order valence-electron chi connectivity index (χ0n) is 19.8. The minimum atomic E-state index is -0.380. The number of nitrogens with zero attached hydrogens (tertiary/aromatic N) is 1. The Bertz CT molecular complexity index is 815. The van der Waals surface area contributed by atoms with Gasteiger partial charge in [0.15, 0.2) is 0 Å². The molecule has 1 heterocycles. The summed E-state index contributed by atoms with van der Waals surface area (Å²) in [7, 11) is 0. The van der Waals surface area contributed by atoms with Crippen molar-refractivity contribution in [3.63, 3.8) is 0 Å². The van der Waals surface area contributed by atoms with Crippen LogP contribution in [0.1, 0.15) is 77.7 Å². The van der Waals surface area contributed by atoms with Gasteiger partial charge in [0.05, 0.1) is 12.1 Å². The summed E-state index contributed by atoms with van der Waals surface area (Å²) in [5.74, 6) is 0.311. The zero-order chi connectivity index (χ0) is 23.2. The predicted molar refractivity (Wildman–Crippen MR) is 128 cm³/mol. The fourth-order valence-corrected chi connectivity index (χ4v) is 3.38. The number of hydrogen-bond acceptors (Lipinski definition) is 5. The molecule has 174 valence electrons. The monoisotopic (exact) mass is 439 g/mol. The van der Waals surface area contributed by atoms with Crippen LogP contribution in [-0.2, 0) is 20.7 Å². The van der Waals surface area contributed by atoms with E-state index < -0.39 is 0 Å². The van der Waals surface area contributed by atoms with E-state index in [2.05, 4.69) is 24.0 Å². The van der Waals surface area contributed by atoms with Crippen LogP contribution in [0.4, 0.5) is 0 Å². The van der Waals surface area contributed by atoms with E-state index in [-0.39, 0.29) is 37.3 Å². The molecule has 2 aromatic rings. The SMILES string of the molecule is CCCCCCCCc1ccc(-c2ccc(OCC(C)OC(=O)CCC(C)=O)cc2)nc1. The van der Waals surface area contributed by atoms with E-state index >= 15 is 0 Å². The summed E-state index contributed by atoms with van der Waals surface area (Å²) in [5, 5.41) is 0. The molecule has 0 aliphatic heterocycles. The third kappa shape index (κ3) is 10.1. The van der Waals surface area contributed by atoms with Crippen LogP contribution < -0.4 is 4.74 Å². The first-order chi connectivity index (χ1) is 15.5. The fourth-order valence-electron chi connectivity index (χ4n) is 3.38.